The molecule has 0 bridgehead atoms. The van der Waals surface area contributed by atoms with Gasteiger partial charge in [-0.2, -0.15) is 0 Å². The summed E-state index contributed by atoms with van der Waals surface area (Å²) in [6.45, 7) is 0. The second-order valence-corrected chi connectivity index (χ2v) is 6.32. The quantitative estimate of drug-likeness (QED) is 0.903. The van der Waals surface area contributed by atoms with Gasteiger partial charge in [-0.15, -0.1) is 11.3 Å². The molecule has 1 aliphatic carbocycles. The van der Waals surface area contributed by atoms with E-state index in [9.17, 15) is 9.59 Å². The zero-order chi connectivity index (χ0) is 15.0. The number of nitrogens with one attached hydrogen (secondary N) is 1. The van der Waals surface area contributed by atoms with E-state index in [0.717, 1.165) is 23.3 Å². The van der Waals surface area contributed by atoms with Crippen molar-refractivity contribution in [3.8, 4) is 0 Å². The molecule has 1 aromatic heterocycles. The van der Waals surface area contributed by atoms with Gasteiger partial charge in [0.1, 0.15) is 0 Å². The Labute approximate surface area is 130 Å². The van der Waals surface area contributed by atoms with Gasteiger partial charge in [0.2, 0.25) is 5.91 Å². The molecule has 3 N–H and O–H groups in total. The van der Waals surface area contributed by atoms with E-state index in [4.69, 9.17) is 17.3 Å². The summed E-state index contributed by atoms with van der Waals surface area (Å²) in [6.07, 6.45) is 2.29. The normalized spacial score (nSPS) is 14.0. The van der Waals surface area contributed by atoms with Crippen LogP contribution in [0, 0.1) is 0 Å². The summed E-state index contributed by atoms with van der Waals surface area (Å²) in [5, 5.41) is 5.00. The Morgan fingerprint density at radius 1 is 1.29 bits per heavy atom. The van der Waals surface area contributed by atoms with Gasteiger partial charge in [0.05, 0.1) is 15.5 Å². The number of hydrogen-bond acceptors (Lipinski definition) is 3. The molecule has 1 aliphatic rings. The fraction of sp³-hybridized carbons (Fsp3) is 0.200. The van der Waals surface area contributed by atoms with E-state index in [1.54, 1.807) is 12.1 Å². The predicted molar refractivity (Wildman–Crippen MR) is 84.2 cm³/mol. The number of hydrogen-bond donors (Lipinski definition) is 2. The van der Waals surface area contributed by atoms with Gasteiger partial charge < -0.3 is 11.1 Å². The second kappa shape index (κ2) is 5.50. The van der Waals surface area contributed by atoms with Gasteiger partial charge in [-0.3, -0.25) is 9.59 Å². The molecule has 3 rings (SSSR count). The van der Waals surface area contributed by atoms with Crippen LogP contribution in [0.2, 0.25) is 5.02 Å². The monoisotopic (exact) mass is 320 g/mol. The number of carbonyl (C=O) groups excluding carboxylic acids is 2. The summed E-state index contributed by atoms with van der Waals surface area (Å²) in [6, 6.07) is 6.70. The van der Waals surface area contributed by atoms with Crippen LogP contribution in [0.1, 0.15) is 44.4 Å². The Kier molecular flexibility index (Phi) is 3.69. The molecule has 0 spiro atoms. The molecule has 0 atom stereocenters. The summed E-state index contributed by atoms with van der Waals surface area (Å²) in [5.41, 5.74) is 7.06. The first kappa shape index (κ1) is 14.1. The average Bonchev–Trinajstić information content (AvgIpc) is 3.17. The second-order valence-electron chi connectivity index (χ2n) is 4.99. The maximum atomic E-state index is 12.3. The molecule has 21 heavy (non-hydrogen) atoms. The Hall–Kier alpha value is -1.85. The summed E-state index contributed by atoms with van der Waals surface area (Å²) in [4.78, 5) is 24.3. The maximum absolute atomic E-state index is 12.3. The molecular formula is C15H13ClN2O2S. The van der Waals surface area contributed by atoms with Crippen molar-refractivity contribution in [2.45, 2.75) is 18.8 Å². The minimum absolute atomic E-state index is 0.162. The molecule has 2 amide bonds. The highest BCUT2D eigenvalue weighted by molar-refractivity contribution is 7.12. The highest BCUT2D eigenvalue weighted by atomic mass is 35.5. The topological polar surface area (TPSA) is 72.2 Å². The Bertz CT molecular complexity index is 722. The van der Waals surface area contributed by atoms with E-state index in [1.165, 1.54) is 17.4 Å². The van der Waals surface area contributed by atoms with Crippen LogP contribution in [0.25, 0.3) is 0 Å². The lowest BCUT2D eigenvalue weighted by molar-refractivity contribution is 0.0996. The molecule has 1 heterocycles. The lowest BCUT2D eigenvalue weighted by atomic mass is 10.1. The van der Waals surface area contributed by atoms with E-state index >= 15 is 0 Å². The molecule has 0 unspecified atom stereocenters. The minimum atomic E-state index is -0.620. The molecule has 0 radical (unpaired) electrons. The maximum Gasteiger partial charge on any atom is 0.266 e. The number of thiophene rings is 1. The van der Waals surface area contributed by atoms with Crippen LogP contribution in [0.15, 0.2) is 29.6 Å². The van der Waals surface area contributed by atoms with Gasteiger partial charge in [0, 0.05) is 5.69 Å². The van der Waals surface area contributed by atoms with Crippen molar-refractivity contribution < 1.29 is 9.59 Å². The van der Waals surface area contributed by atoms with E-state index in [1.807, 2.05) is 11.4 Å². The molecule has 1 fully saturated rings. The fourth-order valence-electron chi connectivity index (χ4n) is 2.20. The smallest absolute Gasteiger partial charge is 0.266 e. The van der Waals surface area contributed by atoms with Gasteiger partial charge in [-0.05, 0) is 54.0 Å². The largest absolute Gasteiger partial charge is 0.366 e. The molecule has 0 saturated heterocycles. The minimum Gasteiger partial charge on any atom is -0.366 e. The van der Waals surface area contributed by atoms with Crippen LogP contribution in [-0.4, -0.2) is 11.8 Å². The van der Waals surface area contributed by atoms with Crippen molar-refractivity contribution in [3.63, 3.8) is 0 Å². The highest BCUT2D eigenvalue weighted by Crippen LogP contribution is 2.43. The summed E-state index contributed by atoms with van der Waals surface area (Å²) >= 11 is 7.32. The Balaban J connectivity index is 1.83. The van der Waals surface area contributed by atoms with Gasteiger partial charge in [-0.25, -0.2) is 0 Å². The first-order valence-electron chi connectivity index (χ1n) is 6.54. The van der Waals surface area contributed by atoms with E-state index in [2.05, 4.69) is 5.32 Å². The number of carbonyl (C=O) groups is 2. The van der Waals surface area contributed by atoms with Crippen LogP contribution >= 0.6 is 22.9 Å². The molecule has 1 aromatic carbocycles. The lowest BCUT2D eigenvalue weighted by Gasteiger charge is -2.08. The van der Waals surface area contributed by atoms with E-state index < -0.39 is 5.91 Å². The molecule has 2 aromatic rings. The average molecular weight is 321 g/mol. The zero-order valence-electron chi connectivity index (χ0n) is 11.1. The number of nitrogens with two attached hydrogens (primary N) is 1. The van der Waals surface area contributed by atoms with Crippen LogP contribution in [0.5, 0.6) is 0 Å². The summed E-state index contributed by atoms with van der Waals surface area (Å²) < 4.78 is 0. The van der Waals surface area contributed by atoms with E-state index in [0.29, 0.717) is 11.6 Å². The number of amides is 2. The predicted octanol–water partition coefficient (Wildman–Crippen LogP) is 3.63. The molecule has 0 aliphatic heterocycles. The highest BCUT2D eigenvalue weighted by Gasteiger charge is 2.29. The third kappa shape index (κ3) is 2.94. The van der Waals surface area contributed by atoms with E-state index in [-0.39, 0.29) is 16.5 Å². The van der Waals surface area contributed by atoms with Crippen molar-refractivity contribution in [1.82, 2.24) is 0 Å². The third-order valence-corrected chi connectivity index (χ3v) is 4.67. The summed E-state index contributed by atoms with van der Waals surface area (Å²) in [5.74, 6) is -0.265. The molecule has 4 nitrogen and oxygen atoms in total. The van der Waals surface area contributed by atoms with Gasteiger partial charge in [-0.1, -0.05) is 11.6 Å². The Morgan fingerprint density at radius 3 is 2.71 bits per heavy atom. The number of primary amides is 1. The summed E-state index contributed by atoms with van der Waals surface area (Å²) in [7, 11) is 0. The number of anilines is 1. The van der Waals surface area contributed by atoms with Crippen LogP contribution in [-0.2, 0) is 0 Å². The standard InChI is InChI=1S/C15H13ClN2O2S/c16-12-4-3-9(7-11(12)14(17)19)18-15(20)13-10(5-6-21-13)8-1-2-8/h3-8H,1-2H2,(H2,17,19)(H,18,20). The SMILES string of the molecule is NC(=O)c1cc(NC(=O)c2sccc2C2CC2)ccc1Cl. The molecule has 108 valence electrons. The molecule has 6 heteroatoms. The first-order chi connectivity index (χ1) is 10.1. The van der Waals surface area contributed by atoms with Crippen LogP contribution in [0.3, 0.4) is 0 Å². The number of benzene rings is 1. The van der Waals surface area contributed by atoms with Gasteiger partial charge in [0.25, 0.3) is 5.91 Å². The molecule has 1 saturated carbocycles. The van der Waals surface area contributed by atoms with Crippen molar-refractivity contribution in [3.05, 3.63) is 50.7 Å². The first-order valence-corrected chi connectivity index (χ1v) is 7.80. The van der Waals surface area contributed by atoms with Crippen LogP contribution in [0.4, 0.5) is 5.69 Å². The van der Waals surface area contributed by atoms with Crippen molar-refractivity contribution in [1.29, 1.82) is 0 Å². The van der Waals surface area contributed by atoms with Crippen molar-refractivity contribution in [2.75, 3.05) is 5.32 Å². The van der Waals surface area contributed by atoms with Gasteiger partial charge >= 0.3 is 0 Å². The third-order valence-electron chi connectivity index (χ3n) is 3.41. The Morgan fingerprint density at radius 2 is 2.05 bits per heavy atom. The molecular weight excluding hydrogens is 308 g/mol. The van der Waals surface area contributed by atoms with Crippen LogP contribution < -0.4 is 11.1 Å². The lowest BCUT2D eigenvalue weighted by Crippen LogP contribution is -2.15. The van der Waals surface area contributed by atoms with Gasteiger partial charge in [0.15, 0.2) is 0 Å². The van der Waals surface area contributed by atoms with Crippen molar-refractivity contribution >= 4 is 40.4 Å². The van der Waals surface area contributed by atoms with Crippen molar-refractivity contribution in [2.24, 2.45) is 5.73 Å². The number of rotatable bonds is 4. The fourth-order valence-corrected chi connectivity index (χ4v) is 3.29. The zero-order valence-corrected chi connectivity index (χ0v) is 12.6. The number of halogens is 1.